The molecule has 21 heavy (non-hydrogen) atoms. The number of carbonyl (C=O) groups is 1. The third kappa shape index (κ3) is 2.47. The predicted octanol–water partition coefficient (Wildman–Crippen LogP) is 2.43. The Labute approximate surface area is 128 Å². The van der Waals surface area contributed by atoms with Crippen LogP contribution in [0.15, 0.2) is 36.5 Å². The first-order valence-electron chi connectivity index (χ1n) is 7.15. The molecule has 1 aliphatic heterocycles. The fourth-order valence-electron chi connectivity index (χ4n) is 3.12. The maximum atomic E-state index is 12.3. The van der Waals surface area contributed by atoms with Gasteiger partial charge in [-0.1, -0.05) is 30.3 Å². The maximum Gasteiger partial charge on any atom is 0.243 e. The lowest BCUT2D eigenvalue weighted by atomic mass is 9.93. The van der Waals surface area contributed by atoms with Gasteiger partial charge in [0, 0.05) is 12.7 Å². The van der Waals surface area contributed by atoms with Crippen molar-refractivity contribution in [3.05, 3.63) is 52.0 Å². The number of primary amides is 1. The largest absolute Gasteiger partial charge is 0.368 e. The van der Waals surface area contributed by atoms with Gasteiger partial charge in [-0.25, -0.2) is 4.98 Å². The van der Waals surface area contributed by atoms with Gasteiger partial charge in [0.1, 0.15) is 5.54 Å². The van der Waals surface area contributed by atoms with Crippen LogP contribution in [0, 0.1) is 6.92 Å². The molecular formula is C16H19N3OS. The molecule has 5 heteroatoms. The number of amides is 1. The van der Waals surface area contributed by atoms with E-state index in [2.05, 4.69) is 22.0 Å². The lowest BCUT2D eigenvalue weighted by Gasteiger charge is -2.34. The van der Waals surface area contributed by atoms with Crippen molar-refractivity contribution >= 4 is 17.2 Å². The summed E-state index contributed by atoms with van der Waals surface area (Å²) in [5, 5.41) is 0.970. The minimum atomic E-state index is -0.693. The van der Waals surface area contributed by atoms with E-state index in [0.29, 0.717) is 0 Å². The zero-order valence-corrected chi connectivity index (χ0v) is 12.9. The van der Waals surface area contributed by atoms with Crippen molar-refractivity contribution in [3.63, 3.8) is 0 Å². The van der Waals surface area contributed by atoms with E-state index in [0.717, 1.165) is 35.8 Å². The van der Waals surface area contributed by atoms with Crippen molar-refractivity contribution in [2.45, 2.75) is 31.8 Å². The highest BCUT2D eigenvalue weighted by molar-refractivity contribution is 7.11. The third-order valence-electron chi connectivity index (χ3n) is 4.16. The van der Waals surface area contributed by atoms with Crippen LogP contribution in [0.1, 0.15) is 28.3 Å². The fourth-order valence-corrected chi connectivity index (χ4v) is 4.15. The first kappa shape index (κ1) is 14.2. The van der Waals surface area contributed by atoms with Gasteiger partial charge < -0.3 is 5.73 Å². The number of hydrogen-bond acceptors (Lipinski definition) is 4. The topological polar surface area (TPSA) is 59.2 Å². The van der Waals surface area contributed by atoms with Crippen molar-refractivity contribution < 1.29 is 4.79 Å². The highest BCUT2D eigenvalue weighted by Gasteiger charge is 2.48. The number of benzene rings is 1. The Morgan fingerprint density at radius 1 is 1.43 bits per heavy atom. The minimum absolute atomic E-state index is 0.264. The van der Waals surface area contributed by atoms with E-state index < -0.39 is 5.54 Å². The Bertz CT molecular complexity index is 640. The molecule has 1 fully saturated rings. The van der Waals surface area contributed by atoms with Crippen molar-refractivity contribution in [1.82, 2.24) is 9.88 Å². The molecule has 0 spiro atoms. The highest BCUT2D eigenvalue weighted by atomic mass is 32.1. The molecule has 1 amide bonds. The molecule has 2 N–H and O–H groups in total. The average molecular weight is 301 g/mol. The first-order chi connectivity index (χ1) is 10.1. The van der Waals surface area contributed by atoms with Gasteiger partial charge >= 0.3 is 0 Å². The SMILES string of the molecule is Cc1ncc(C2(C(N)=O)CCCN2Cc2ccccc2)s1. The molecule has 2 aromatic rings. The van der Waals surface area contributed by atoms with E-state index >= 15 is 0 Å². The monoisotopic (exact) mass is 301 g/mol. The smallest absolute Gasteiger partial charge is 0.243 e. The molecule has 0 saturated carbocycles. The zero-order chi connectivity index (χ0) is 14.9. The number of aryl methyl sites for hydroxylation is 1. The van der Waals surface area contributed by atoms with Crippen LogP contribution in [0.2, 0.25) is 0 Å². The molecule has 1 unspecified atom stereocenters. The Kier molecular flexibility index (Phi) is 3.78. The number of rotatable bonds is 4. The second-order valence-electron chi connectivity index (χ2n) is 5.48. The third-order valence-corrected chi connectivity index (χ3v) is 5.22. The molecule has 1 aliphatic rings. The summed E-state index contributed by atoms with van der Waals surface area (Å²) in [7, 11) is 0. The molecule has 1 atom stereocenters. The molecule has 2 heterocycles. The standard InChI is InChI=1S/C16H19N3OS/c1-12-18-10-14(21-12)16(15(17)20)8-5-9-19(16)11-13-6-3-2-4-7-13/h2-4,6-7,10H,5,8-9,11H2,1H3,(H2,17,20). The summed E-state index contributed by atoms with van der Waals surface area (Å²) in [6.07, 6.45) is 3.57. The van der Waals surface area contributed by atoms with E-state index in [1.807, 2.05) is 31.3 Å². The van der Waals surface area contributed by atoms with Crippen LogP contribution in [-0.4, -0.2) is 22.3 Å². The second-order valence-corrected chi connectivity index (χ2v) is 6.71. The summed E-state index contributed by atoms with van der Waals surface area (Å²) in [5.74, 6) is -0.264. The molecule has 0 radical (unpaired) electrons. The van der Waals surface area contributed by atoms with E-state index in [1.54, 1.807) is 11.3 Å². The molecule has 1 saturated heterocycles. The van der Waals surface area contributed by atoms with Crippen LogP contribution < -0.4 is 5.73 Å². The molecule has 4 nitrogen and oxygen atoms in total. The number of nitrogens with two attached hydrogens (primary N) is 1. The van der Waals surface area contributed by atoms with Crippen LogP contribution in [0.4, 0.5) is 0 Å². The molecular weight excluding hydrogens is 282 g/mol. The van der Waals surface area contributed by atoms with Gasteiger partial charge in [-0.05, 0) is 31.9 Å². The summed E-state index contributed by atoms with van der Waals surface area (Å²) in [5.41, 5.74) is 6.32. The number of likely N-dealkylation sites (tertiary alicyclic amines) is 1. The van der Waals surface area contributed by atoms with Gasteiger partial charge in [0.15, 0.2) is 0 Å². The Morgan fingerprint density at radius 2 is 2.19 bits per heavy atom. The highest BCUT2D eigenvalue weighted by Crippen LogP contribution is 2.42. The lowest BCUT2D eigenvalue weighted by molar-refractivity contribution is -0.129. The molecule has 0 aliphatic carbocycles. The molecule has 3 rings (SSSR count). The molecule has 110 valence electrons. The predicted molar refractivity (Wildman–Crippen MR) is 83.8 cm³/mol. The van der Waals surface area contributed by atoms with Gasteiger partial charge in [-0.15, -0.1) is 11.3 Å². The van der Waals surface area contributed by atoms with Crippen molar-refractivity contribution in [2.24, 2.45) is 5.73 Å². The summed E-state index contributed by atoms with van der Waals surface area (Å²) in [4.78, 5) is 19.8. The van der Waals surface area contributed by atoms with Gasteiger partial charge in [0.05, 0.1) is 9.88 Å². The average Bonchev–Trinajstić information content (AvgIpc) is 3.07. The number of carbonyl (C=O) groups excluding carboxylic acids is 1. The van der Waals surface area contributed by atoms with Gasteiger partial charge in [0.2, 0.25) is 5.91 Å². The first-order valence-corrected chi connectivity index (χ1v) is 7.96. The van der Waals surface area contributed by atoms with E-state index in [-0.39, 0.29) is 5.91 Å². The Balaban J connectivity index is 1.97. The van der Waals surface area contributed by atoms with Crippen molar-refractivity contribution in [3.8, 4) is 0 Å². The summed E-state index contributed by atoms with van der Waals surface area (Å²) in [6, 6.07) is 10.2. The number of aromatic nitrogens is 1. The summed E-state index contributed by atoms with van der Waals surface area (Å²) < 4.78 is 0. The van der Waals surface area contributed by atoms with E-state index in [4.69, 9.17) is 5.73 Å². The normalized spacial score (nSPS) is 22.5. The van der Waals surface area contributed by atoms with Gasteiger partial charge in [0.25, 0.3) is 0 Å². The van der Waals surface area contributed by atoms with Crippen molar-refractivity contribution in [1.29, 1.82) is 0 Å². The summed E-state index contributed by atoms with van der Waals surface area (Å²) in [6.45, 7) is 3.58. The van der Waals surface area contributed by atoms with Crippen LogP contribution in [0.5, 0.6) is 0 Å². The van der Waals surface area contributed by atoms with E-state index in [1.165, 1.54) is 5.56 Å². The molecule has 1 aromatic carbocycles. The van der Waals surface area contributed by atoms with Gasteiger partial charge in [-0.3, -0.25) is 9.69 Å². The quantitative estimate of drug-likeness (QED) is 0.943. The van der Waals surface area contributed by atoms with Crippen LogP contribution in [0.3, 0.4) is 0 Å². The van der Waals surface area contributed by atoms with Gasteiger partial charge in [-0.2, -0.15) is 0 Å². The van der Waals surface area contributed by atoms with E-state index in [9.17, 15) is 4.79 Å². The Morgan fingerprint density at radius 3 is 2.81 bits per heavy atom. The molecule has 1 aromatic heterocycles. The van der Waals surface area contributed by atoms with Crippen molar-refractivity contribution in [2.75, 3.05) is 6.54 Å². The minimum Gasteiger partial charge on any atom is -0.368 e. The number of thiazole rings is 1. The number of nitrogens with zero attached hydrogens (tertiary/aromatic N) is 2. The second kappa shape index (κ2) is 5.58. The zero-order valence-electron chi connectivity index (χ0n) is 12.1. The maximum absolute atomic E-state index is 12.3. The lowest BCUT2D eigenvalue weighted by Crippen LogP contribution is -2.50. The summed E-state index contributed by atoms with van der Waals surface area (Å²) >= 11 is 1.57. The molecule has 0 bridgehead atoms. The Hall–Kier alpha value is -1.72. The van der Waals surface area contributed by atoms with Crippen LogP contribution >= 0.6 is 11.3 Å². The fraction of sp³-hybridized carbons (Fsp3) is 0.375. The number of hydrogen-bond donors (Lipinski definition) is 1. The van der Waals surface area contributed by atoms with Crippen LogP contribution in [-0.2, 0) is 16.9 Å². The van der Waals surface area contributed by atoms with Crippen LogP contribution in [0.25, 0.3) is 0 Å².